The lowest BCUT2D eigenvalue weighted by Crippen LogP contribution is -1.86. The van der Waals surface area contributed by atoms with E-state index in [1.165, 1.54) is 12.0 Å². The zero-order valence-corrected chi connectivity index (χ0v) is 7.80. The molecule has 0 heteroatoms. The second-order valence-electron chi connectivity index (χ2n) is 2.76. The summed E-state index contributed by atoms with van der Waals surface area (Å²) in [4.78, 5) is 0. The van der Waals surface area contributed by atoms with E-state index < -0.39 is 0 Å². The van der Waals surface area contributed by atoms with Gasteiger partial charge in [-0.1, -0.05) is 51.2 Å². The zero-order valence-electron chi connectivity index (χ0n) is 7.80. The molecule has 0 N–H and O–H groups in total. The van der Waals surface area contributed by atoms with Gasteiger partial charge in [-0.15, -0.1) is 0 Å². The van der Waals surface area contributed by atoms with E-state index in [4.69, 9.17) is 0 Å². The van der Waals surface area contributed by atoms with Crippen LogP contribution in [0.4, 0.5) is 0 Å². The Bertz CT molecular complexity index is 161. The van der Waals surface area contributed by atoms with Crippen molar-refractivity contribution in [2.75, 3.05) is 0 Å². The third-order valence-electron chi connectivity index (χ3n) is 1.72. The molecule has 0 aliphatic carbocycles. The minimum atomic E-state index is 0.652. The van der Waals surface area contributed by atoms with Gasteiger partial charge in [0.15, 0.2) is 0 Å². The van der Waals surface area contributed by atoms with Gasteiger partial charge in [-0.3, -0.25) is 0 Å². The Hall–Kier alpha value is -0.780. The summed E-state index contributed by atoms with van der Waals surface area (Å²) in [5.41, 5.74) is 1.22. The molecule has 0 aromatic heterocycles. The molecule has 0 saturated heterocycles. The Morgan fingerprint density at radius 2 is 2.18 bits per heavy atom. The Morgan fingerprint density at radius 1 is 1.55 bits per heavy atom. The molecule has 0 radical (unpaired) electrons. The summed E-state index contributed by atoms with van der Waals surface area (Å²) in [5, 5.41) is 0. The molecule has 0 rings (SSSR count). The highest BCUT2D eigenvalue weighted by atomic mass is 14.0. The van der Waals surface area contributed by atoms with Crippen LogP contribution in [0.15, 0.2) is 36.5 Å². The zero-order chi connectivity index (χ0) is 8.69. The van der Waals surface area contributed by atoms with Crippen molar-refractivity contribution < 1.29 is 0 Å². The molecule has 62 valence electrons. The molecule has 0 aliphatic heterocycles. The minimum Gasteiger partial charge on any atom is -0.0985 e. The van der Waals surface area contributed by atoms with Crippen LogP contribution in [-0.2, 0) is 0 Å². The van der Waals surface area contributed by atoms with E-state index >= 15 is 0 Å². The topological polar surface area (TPSA) is 0 Å². The second kappa shape index (κ2) is 5.96. The van der Waals surface area contributed by atoms with Crippen molar-refractivity contribution in [3.8, 4) is 0 Å². The van der Waals surface area contributed by atoms with Gasteiger partial charge in [0, 0.05) is 0 Å². The van der Waals surface area contributed by atoms with Crippen LogP contribution in [0.2, 0.25) is 0 Å². The Labute approximate surface area is 70.3 Å². The number of rotatable bonds is 4. The van der Waals surface area contributed by atoms with Gasteiger partial charge in [0.2, 0.25) is 0 Å². The van der Waals surface area contributed by atoms with Crippen LogP contribution in [0.3, 0.4) is 0 Å². The molecule has 0 aromatic rings. The standard InChI is InChI=1S/C11H18/c1-5-8-11(7-3)9-10(4)6-2/h5,7-10H,3,6H2,1-2,4H3. The lowest BCUT2D eigenvalue weighted by Gasteiger charge is -2.01. The van der Waals surface area contributed by atoms with Crippen molar-refractivity contribution in [2.24, 2.45) is 5.92 Å². The Balaban J connectivity index is 4.21. The van der Waals surface area contributed by atoms with Crippen molar-refractivity contribution in [3.05, 3.63) is 36.5 Å². The number of hydrogen-bond acceptors (Lipinski definition) is 0. The summed E-state index contributed by atoms with van der Waals surface area (Å²) in [6.07, 6.45) is 9.45. The quantitative estimate of drug-likeness (QED) is 0.536. The van der Waals surface area contributed by atoms with Gasteiger partial charge >= 0.3 is 0 Å². The summed E-state index contributed by atoms with van der Waals surface area (Å²) in [6.45, 7) is 10.2. The molecule has 0 fully saturated rings. The first-order chi connectivity index (χ1) is 5.24. The van der Waals surface area contributed by atoms with Crippen LogP contribution >= 0.6 is 0 Å². The molecular weight excluding hydrogens is 132 g/mol. The van der Waals surface area contributed by atoms with Crippen molar-refractivity contribution in [2.45, 2.75) is 27.2 Å². The Morgan fingerprint density at radius 3 is 2.55 bits per heavy atom. The molecule has 0 aromatic carbocycles. The molecule has 0 saturated carbocycles. The van der Waals surface area contributed by atoms with E-state index in [1.54, 1.807) is 0 Å². The fourth-order valence-electron chi connectivity index (χ4n) is 0.830. The fraction of sp³-hybridized carbons (Fsp3) is 0.455. The Kier molecular flexibility index (Phi) is 5.54. The average Bonchev–Trinajstić information content (AvgIpc) is 2.03. The minimum absolute atomic E-state index is 0.652. The van der Waals surface area contributed by atoms with Crippen LogP contribution in [-0.4, -0.2) is 0 Å². The molecule has 0 amide bonds. The van der Waals surface area contributed by atoms with Crippen LogP contribution in [0, 0.1) is 5.92 Å². The summed E-state index contributed by atoms with van der Waals surface area (Å²) < 4.78 is 0. The predicted molar refractivity (Wildman–Crippen MR) is 52.5 cm³/mol. The van der Waals surface area contributed by atoms with Gasteiger partial charge in [-0.05, 0) is 18.4 Å². The van der Waals surface area contributed by atoms with E-state index in [0.717, 1.165) is 0 Å². The summed E-state index contributed by atoms with van der Waals surface area (Å²) in [5.74, 6) is 0.652. The molecule has 0 aliphatic rings. The maximum absolute atomic E-state index is 3.75. The van der Waals surface area contributed by atoms with Crippen molar-refractivity contribution in [3.63, 3.8) is 0 Å². The highest BCUT2D eigenvalue weighted by Gasteiger charge is 1.92. The first kappa shape index (κ1) is 10.2. The molecule has 0 heterocycles. The third kappa shape index (κ3) is 4.60. The molecule has 11 heavy (non-hydrogen) atoms. The van der Waals surface area contributed by atoms with Crippen LogP contribution in [0.1, 0.15) is 27.2 Å². The average molecular weight is 150 g/mol. The van der Waals surface area contributed by atoms with Gasteiger partial charge in [0.25, 0.3) is 0 Å². The van der Waals surface area contributed by atoms with E-state index in [2.05, 4.69) is 32.6 Å². The fourth-order valence-corrected chi connectivity index (χ4v) is 0.830. The maximum atomic E-state index is 3.75. The lowest BCUT2D eigenvalue weighted by molar-refractivity contribution is 0.696. The summed E-state index contributed by atoms with van der Waals surface area (Å²) in [6, 6.07) is 0. The largest absolute Gasteiger partial charge is 0.0985 e. The smallest absolute Gasteiger partial charge is 0.0256 e. The van der Waals surface area contributed by atoms with Crippen molar-refractivity contribution in [1.29, 1.82) is 0 Å². The number of hydrogen-bond donors (Lipinski definition) is 0. The summed E-state index contributed by atoms with van der Waals surface area (Å²) in [7, 11) is 0. The maximum Gasteiger partial charge on any atom is -0.0256 e. The SMILES string of the molecule is C=CC(C=CC)=CC(C)CC. The van der Waals surface area contributed by atoms with Crippen molar-refractivity contribution >= 4 is 0 Å². The van der Waals surface area contributed by atoms with E-state index in [1.807, 2.05) is 19.1 Å². The van der Waals surface area contributed by atoms with Gasteiger partial charge in [-0.25, -0.2) is 0 Å². The lowest BCUT2D eigenvalue weighted by atomic mass is 10.0. The van der Waals surface area contributed by atoms with Gasteiger partial charge in [0.1, 0.15) is 0 Å². The van der Waals surface area contributed by atoms with Gasteiger partial charge in [0.05, 0.1) is 0 Å². The molecule has 0 nitrogen and oxygen atoms in total. The molecule has 0 spiro atoms. The normalized spacial score (nSPS) is 15.4. The van der Waals surface area contributed by atoms with Gasteiger partial charge < -0.3 is 0 Å². The first-order valence-electron chi connectivity index (χ1n) is 4.21. The van der Waals surface area contributed by atoms with E-state index in [0.29, 0.717) is 5.92 Å². The number of allylic oxidation sites excluding steroid dienone is 5. The van der Waals surface area contributed by atoms with Crippen LogP contribution in [0.25, 0.3) is 0 Å². The summed E-state index contributed by atoms with van der Waals surface area (Å²) >= 11 is 0. The van der Waals surface area contributed by atoms with Crippen molar-refractivity contribution in [1.82, 2.24) is 0 Å². The van der Waals surface area contributed by atoms with E-state index in [9.17, 15) is 0 Å². The monoisotopic (exact) mass is 150 g/mol. The third-order valence-corrected chi connectivity index (χ3v) is 1.72. The van der Waals surface area contributed by atoms with Gasteiger partial charge in [-0.2, -0.15) is 0 Å². The highest BCUT2D eigenvalue weighted by Crippen LogP contribution is 2.08. The van der Waals surface area contributed by atoms with E-state index in [-0.39, 0.29) is 0 Å². The van der Waals surface area contributed by atoms with Crippen LogP contribution in [0.5, 0.6) is 0 Å². The van der Waals surface area contributed by atoms with Crippen LogP contribution < -0.4 is 0 Å². The molecule has 0 bridgehead atoms. The molecule has 1 unspecified atom stereocenters. The molecular formula is C11H18. The molecule has 1 atom stereocenters. The predicted octanol–water partition coefficient (Wildman–Crippen LogP) is 3.72. The highest BCUT2D eigenvalue weighted by molar-refractivity contribution is 5.29. The first-order valence-corrected chi connectivity index (χ1v) is 4.21. The second-order valence-corrected chi connectivity index (χ2v) is 2.76.